The fraction of sp³-hybridized carbons (Fsp3) is 0.353. The van der Waals surface area contributed by atoms with E-state index in [1.165, 1.54) is 11.8 Å². The van der Waals surface area contributed by atoms with E-state index in [2.05, 4.69) is 26.2 Å². The zero-order valence-corrected chi connectivity index (χ0v) is 16.3. The molecule has 0 saturated carbocycles. The highest BCUT2D eigenvalue weighted by atomic mass is 79.9. The van der Waals surface area contributed by atoms with Gasteiger partial charge in [0.25, 0.3) is 0 Å². The minimum Gasteiger partial charge on any atom is -0.481 e. The largest absolute Gasteiger partial charge is 0.481 e. The number of halogens is 1. The van der Waals surface area contributed by atoms with Crippen molar-refractivity contribution >= 4 is 44.8 Å². The maximum Gasteiger partial charge on any atom is 0.338 e. The smallest absolute Gasteiger partial charge is 0.338 e. The van der Waals surface area contributed by atoms with E-state index in [-0.39, 0.29) is 13.0 Å². The Bertz CT molecular complexity index is 733. The number of esters is 1. The van der Waals surface area contributed by atoms with Crippen LogP contribution < -0.4 is 5.32 Å². The molecule has 1 aliphatic rings. The Morgan fingerprint density at radius 1 is 1.44 bits per heavy atom. The molecular formula is C17H19BrN2O4S. The van der Waals surface area contributed by atoms with Gasteiger partial charge in [0, 0.05) is 15.9 Å². The number of aliphatic carboxylic acids is 1. The van der Waals surface area contributed by atoms with Gasteiger partial charge in [0.15, 0.2) is 5.17 Å². The Kier molecular flexibility index (Phi) is 7.07. The normalized spacial score (nSPS) is 16.9. The van der Waals surface area contributed by atoms with Gasteiger partial charge in [-0.25, -0.2) is 9.79 Å². The second-order valence-corrected chi connectivity index (χ2v) is 7.27. The molecular weight excluding hydrogens is 408 g/mol. The molecule has 0 fully saturated rings. The van der Waals surface area contributed by atoms with Crippen LogP contribution >= 0.6 is 27.7 Å². The van der Waals surface area contributed by atoms with Gasteiger partial charge in [-0.2, -0.15) is 0 Å². The van der Waals surface area contributed by atoms with Crippen molar-refractivity contribution in [1.29, 1.82) is 0 Å². The number of benzene rings is 1. The van der Waals surface area contributed by atoms with Crippen LogP contribution in [-0.4, -0.2) is 34.6 Å². The molecule has 1 aliphatic heterocycles. The van der Waals surface area contributed by atoms with Crippen molar-refractivity contribution in [1.82, 2.24) is 5.32 Å². The first kappa shape index (κ1) is 19.5. The number of allylic oxidation sites excluding steroid dienone is 1. The molecule has 0 aromatic heterocycles. The van der Waals surface area contributed by atoms with Gasteiger partial charge in [-0.3, -0.25) is 4.79 Å². The summed E-state index contributed by atoms with van der Waals surface area (Å²) in [6.45, 7) is 3.84. The molecule has 0 saturated heterocycles. The SMILES string of the molecule is CCOC(=O)C1=C(C)NC(SCCC(=O)O)=N[C@@H]1c1cccc(Br)c1. The fourth-order valence-corrected chi connectivity index (χ4v) is 3.64. The molecule has 25 heavy (non-hydrogen) atoms. The molecule has 0 aliphatic carbocycles. The van der Waals surface area contributed by atoms with E-state index in [1.807, 2.05) is 24.3 Å². The minimum atomic E-state index is -0.855. The lowest BCUT2D eigenvalue weighted by Gasteiger charge is -2.25. The molecule has 6 nitrogen and oxygen atoms in total. The van der Waals surface area contributed by atoms with E-state index in [1.54, 1.807) is 13.8 Å². The number of ether oxygens (including phenoxy) is 1. The number of carboxylic acids is 1. The van der Waals surface area contributed by atoms with E-state index in [9.17, 15) is 9.59 Å². The van der Waals surface area contributed by atoms with Crippen molar-refractivity contribution in [3.63, 3.8) is 0 Å². The van der Waals surface area contributed by atoms with Crippen LogP contribution in [0, 0.1) is 0 Å². The lowest BCUT2D eigenvalue weighted by atomic mass is 9.97. The molecule has 134 valence electrons. The Hall–Kier alpha value is -1.80. The van der Waals surface area contributed by atoms with Gasteiger partial charge in [0.1, 0.15) is 6.04 Å². The number of nitrogens with one attached hydrogen (secondary N) is 1. The van der Waals surface area contributed by atoms with Gasteiger partial charge in [-0.05, 0) is 31.5 Å². The van der Waals surface area contributed by atoms with Crippen LogP contribution in [0.4, 0.5) is 0 Å². The van der Waals surface area contributed by atoms with E-state index in [0.717, 1.165) is 10.0 Å². The molecule has 8 heteroatoms. The number of carbonyl (C=O) groups excluding carboxylic acids is 1. The summed E-state index contributed by atoms with van der Waals surface area (Å²) in [5.41, 5.74) is 1.98. The van der Waals surface area contributed by atoms with Crippen LogP contribution in [0.25, 0.3) is 0 Å². The van der Waals surface area contributed by atoms with Crippen LogP contribution in [0.15, 0.2) is 45.0 Å². The number of carbonyl (C=O) groups is 2. The highest BCUT2D eigenvalue weighted by molar-refractivity contribution is 9.10. The lowest BCUT2D eigenvalue weighted by Crippen LogP contribution is -2.30. The summed E-state index contributed by atoms with van der Waals surface area (Å²) in [5, 5.41) is 12.5. The molecule has 0 unspecified atom stereocenters. The lowest BCUT2D eigenvalue weighted by molar-refractivity contribution is -0.139. The maximum atomic E-state index is 12.4. The second-order valence-electron chi connectivity index (χ2n) is 5.27. The summed E-state index contributed by atoms with van der Waals surface area (Å²) < 4.78 is 6.07. The quantitative estimate of drug-likeness (QED) is 0.676. The Morgan fingerprint density at radius 2 is 2.20 bits per heavy atom. The molecule has 1 atom stereocenters. The predicted octanol–water partition coefficient (Wildman–Crippen LogP) is 3.49. The number of thioether (sulfide) groups is 1. The van der Waals surface area contributed by atoms with Crippen molar-refractivity contribution in [2.24, 2.45) is 4.99 Å². The first-order valence-electron chi connectivity index (χ1n) is 7.75. The van der Waals surface area contributed by atoms with Crippen molar-refractivity contribution in [3.05, 3.63) is 45.6 Å². The molecule has 0 amide bonds. The van der Waals surface area contributed by atoms with E-state index >= 15 is 0 Å². The second kappa shape index (κ2) is 9.05. The summed E-state index contributed by atoms with van der Waals surface area (Å²) in [6.07, 6.45) is 0.0421. The van der Waals surface area contributed by atoms with Gasteiger partial charge in [-0.15, -0.1) is 0 Å². The molecule has 0 spiro atoms. The Morgan fingerprint density at radius 3 is 2.84 bits per heavy atom. The average molecular weight is 427 g/mol. The van der Waals surface area contributed by atoms with Gasteiger partial charge >= 0.3 is 11.9 Å². The number of rotatable bonds is 6. The van der Waals surface area contributed by atoms with Crippen molar-refractivity contribution in [2.75, 3.05) is 12.4 Å². The van der Waals surface area contributed by atoms with Gasteiger partial charge in [0.05, 0.1) is 18.6 Å². The summed E-state index contributed by atoms with van der Waals surface area (Å²) in [4.78, 5) is 27.7. The van der Waals surface area contributed by atoms with Gasteiger partial charge in [-0.1, -0.05) is 39.8 Å². The number of carboxylic acid groups (broad SMARTS) is 1. The van der Waals surface area contributed by atoms with Gasteiger partial charge in [0.2, 0.25) is 0 Å². The number of hydrogen-bond acceptors (Lipinski definition) is 6. The molecule has 0 radical (unpaired) electrons. The molecule has 1 aromatic rings. The monoisotopic (exact) mass is 426 g/mol. The van der Waals surface area contributed by atoms with Crippen LogP contribution in [-0.2, 0) is 14.3 Å². The van der Waals surface area contributed by atoms with Crippen molar-refractivity contribution < 1.29 is 19.4 Å². The minimum absolute atomic E-state index is 0.0421. The summed E-state index contributed by atoms with van der Waals surface area (Å²) in [5.74, 6) is -0.864. The Labute approximate surface area is 158 Å². The number of amidine groups is 1. The number of aliphatic imine (C=N–C) groups is 1. The van der Waals surface area contributed by atoms with Crippen LogP contribution in [0.1, 0.15) is 31.9 Å². The zero-order valence-electron chi connectivity index (χ0n) is 13.9. The van der Waals surface area contributed by atoms with Crippen molar-refractivity contribution in [2.45, 2.75) is 26.3 Å². The number of nitrogens with zero attached hydrogens (tertiary/aromatic N) is 1. The van der Waals surface area contributed by atoms with Crippen LogP contribution in [0.2, 0.25) is 0 Å². The third-order valence-corrected chi connectivity index (χ3v) is 4.82. The predicted molar refractivity (Wildman–Crippen MR) is 101 cm³/mol. The topological polar surface area (TPSA) is 88.0 Å². The standard InChI is InChI=1S/C17H19BrN2O4S/c1-3-24-16(23)14-10(2)19-17(25-8-7-13(21)22)20-15(14)11-5-4-6-12(18)9-11/h4-6,9,15H,3,7-8H2,1-2H3,(H,19,20)(H,21,22)/t15-/m1/s1. The third kappa shape index (κ3) is 5.34. The summed E-state index contributed by atoms with van der Waals surface area (Å²) >= 11 is 4.76. The van der Waals surface area contributed by atoms with E-state index in [4.69, 9.17) is 9.84 Å². The van der Waals surface area contributed by atoms with Gasteiger partial charge < -0.3 is 15.2 Å². The maximum absolute atomic E-state index is 12.4. The Balaban J connectivity index is 2.33. The molecule has 2 N–H and O–H groups in total. The molecule has 1 aromatic carbocycles. The zero-order chi connectivity index (χ0) is 18.4. The molecule has 0 bridgehead atoms. The van der Waals surface area contributed by atoms with Crippen LogP contribution in [0.3, 0.4) is 0 Å². The average Bonchev–Trinajstić information content (AvgIpc) is 2.54. The van der Waals surface area contributed by atoms with E-state index < -0.39 is 18.0 Å². The molecule has 2 rings (SSSR count). The van der Waals surface area contributed by atoms with Crippen molar-refractivity contribution in [3.8, 4) is 0 Å². The highest BCUT2D eigenvalue weighted by Gasteiger charge is 2.30. The van der Waals surface area contributed by atoms with Crippen LogP contribution in [0.5, 0.6) is 0 Å². The number of hydrogen-bond donors (Lipinski definition) is 2. The molecule has 1 heterocycles. The third-order valence-electron chi connectivity index (χ3n) is 3.43. The first-order valence-corrected chi connectivity index (χ1v) is 9.53. The summed E-state index contributed by atoms with van der Waals surface area (Å²) in [7, 11) is 0. The first-order chi connectivity index (χ1) is 11.9. The summed E-state index contributed by atoms with van der Waals surface area (Å²) in [6, 6.07) is 7.09. The fourth-order valence-electron chi connectivity index (χ4n) is 2.35. The van der Waals surface area contributed by atoms with E-state index in [0.29, 0.717) is 22.2 Å². The highest BCUT2D eigenvalue weighted by Crippen LogP contribution is 2.34.